The van der Waals surface area contributed by atoms with Crippen LogP contribution in [0.25, 0.3) is 0 Å². The predicted octanol–water partition coefficient (Wildman–Crippen LogP) is 3.35. The minimum absolute atomic E-state index is 0.603. The Morgan fingerprint density at radius 3 is 2.69 bits per heavy atom. The van der Waals surface area contributed by atoms with Crippen molar-refractivity contribution in [3.8, 4) is 0 Å². The fourth-order valence-corrected chi connectivity index (χ4v) is 2.47. The van der Waals surface area contributed by atoms with Crippen molar-refractivity contribution in [2.75, 3.05) is 0 Å². The van der Waals surface area contributed by atoms with Crippen LogP contribution in [0.15, 0.2) is 30.9 Å². The molecule has 2 rings (SSSR count). The van der Waals surface area contributed by atoms with Gasteiger partial charge in [0.15, 0.2) is 0 Å². The number of benzene rings is 1. The zero-order chi connectivity index (χ0) is 11.6. The second kappa shape index (κ2) is 4.42. The van der Waals surface area contributed by atoms with Gasteiger partial charge >= 0.3 is 0 Å². The summed E-state index contributed by atoms with van der Waals surface area (Å²) in [6, 6.07) is 6.42. The monoisotopic (exact) mass is 216 g/mol. The molecule has 1 aliphatic carbocycles. The summed E-state index contributed by atoms with van der Waals surface area (Å²) in [6.45, 7) is 5.56. The van der Waals surface area contributed by atoms with Crippen molar-refractivity contribution in [2.45, 2.75) is 44.6 Å². The third kappa shape index (κ3) is 2.19. The van der Waals surface area contributed by atoms with E-state index in [1.165, 1.54) is 30.4 Å². The van der Waals surface area contributed by atoms with Crippen LogP contribution in [0.2, 0.25) is 0 Å². The Balaban J connectivity index is 2.32. The average molecular weight is 216 g/mol. The normalized spacial score (nSPS) is 18.6. The van der Waals surface area contributed by atoms with Gasteiger partial charge in [-0.2, -0.15) is 0 Å². The van der Waals surface area contributed by atoms with Gasteiger partial charge in [0.1, 0.15) is 0 Å². The lowest BCUT2D eigenvalue weighted by molar-refractivity contribution is 0.0605. The van der Waals surface area contributed by atoms with Crippen molar-refractivity contribution in [3.63, 3.8) is 0 Å². The Morgan fingerprint density at radius 1 is 1.31 bits per heavy atom. The fourth-order valence-electron chi connectivity index (χ4n) is 2.47. The largest absolute Gasteiger partial charge is 0.385 e. The van der Waals surface area contributed by atoms with Crippen molar-refractivity contribution >= 4 is 0 Å². The van der Waals surface area contributed by atoms with E-state index in [0.29, 0.717) is 6.42 Å². The lowest BCUT2D eigenvalue weighted by Gasteiger charge is -2.25. The molecule has 0 saturated heterocycles. The molecular weight excluding hydrogens is 196 g/mol. The van der Waals surface area contributed by atoms with Gasteiger partial charge in [0.05, 0.1) is 5.60 Å². The van der Waals surface area contributed by atoms with Crippen LogP contribution >= 0.6 is 0 Å². The minimum Gasteiger partial charge on any atom is -0.385 e. The summed E-state index contributed by atoms with van der Waals surface area (Å²) in [5.74, 6) is 0. The Hall–Kier alpha value is -1.08. The quantitative estimate of drug-likeness (QED) is 0.768. The molecule has 1 aromatic carbocycles. The van der Waals surface area contributed by atoms with Crippen LogP contribution in [0.5, 0.6) is 0 Å². The van der Waals surface area contributed by atoms with Gasteiger partial charge in [-0.25, -0.2) is 0 Å². The van der Waals surface area contributed by atoms with Crippen LogP contribution < -0.4 is 0 Å². The summed E-state index contributed by atoms with van der Waals surface area (Å²) in [5.41, 5.74) is 3.14. The van der Waals surface area contributed by atoms with Crippen molar-refractivity contribution < 1.29 is 5.11 Å². The van der Waals surface area contributed by atoms with Crippen molar-refractivity contribution in [1.82, 2.24) is 0 Å². The first-order valence-electron chi connectivity index (χ1n) is 6.09. The molecule has 86 valence electrons. The summed E-state index contributed by atoms with van der Waals surface area (Å²) in [7, 11) is 0. The Kier molecular flexibility index (Phi) is 3.15. The maximum Gasteiger partial charge on any atom is 0.0902 e. The number of rotatable bonds is 3. The molecular formula is C15H20O. The van der Waals surface area contributed by atoms with Crippen LogP contribution in [-0.2, 0) is 18.4 Å². The first kappa shape index (κ1) is 11.4. The highest BCUT2D eigenvalue weighted by molar-refractivity contribution is 5.36. The van der Waals surface area contributed by atoms with E-state index in [-0.39, 0.29) is 0 Å². The van der Waals surface area contributed by atoms with Crippen LogP contribution in [0.4, 0.5) is 0 Å². The molecule has 0 fully saturated rings. The smallest absolute Gasteiger partial charge is 0.0902 e. The second-order valence-corrected chi connectivity index (χ2v) is 4.96. The van der Waals surface area contributed by atoms with E-state index in [1.54, 1.807) is 6.08 Å². The van der Waals surface area contributed by atoms with E-state index in [0.717, 1.165) is 12.0 Å². The molecule has 1 heteroatoms. The third-order valence-corrected chi connectivity index (χ3v) is 3.51. The molecule has 1 aromatic rings. The van der Waals surface area contributed by atoms with Crippen molar-refractivity contribution in [3.05, 3.63) is 47.5 Å². The highest BCUT2D eigenvalue weighted by Gasteiger charge is 2.22. The molecule has 0 heterocycles. The van der Waals surface area contributed by atoms with Crippen LogP contribution in [0.3, 0.4) is 0 Å². The van der Waals surface area contributed by atoms with Gasteiger partial charge in [-0.1, -0.05) is 24.3 Å². The number of aryl methyl sites for hydroxylation is 2. The highest BCUT2D eigenvalue weighted by atomic mass is 16.3. The molecule has 0 spiro atoms. The molecule has 1 unspecified atom stereocenters. The summed E-state index contributed by atoms with van der Waals surface area (Å²) in [5, 5.41) is 10.3. The van der Waals surface area contributed by atoms with Crippen molar-refractivity contribution in [1.29, 1.82) is 0 Å². The van der Waals surface area contributed by atoms with Crippen LogP contribution in [-0.4, -0.2) is 5.11 Å². The second-order valence-electron chi connectivity index (χ2n) is 4.96. The first-order chi connectivity index (χ1) is 7.63. The maximum atomic E-state index is 10.3. The van der Waals surface area contributed by atoms with E-state index >= 15 is 0 Å². The fraction of sp³-hybridized carbons (Fsp3) is 0.467. The van der Waals surface area contributed by atoms with Gasteiger partial charge in [0.25, 0.3) is 0 Å². The molecule has 1 atom stereocenters. The Labute approximate surface area is 97.8 Å². The zero-order valence-electron chi connectivity index (χ0n) is 10.00. The van der Waals surface area contributed by atoms with E-state index in [9.17, 15) is 5.11 Å². The number of hydrogen-bond donors (Lipinski definition) is 1. The predicted molar refractivity (Wildman–Crippen MR) is 67.5 cm³/mol. The van der Waals surface area contributed by atoms with Gasteiger partial charge in [0.2, 0.25) is 0 Å². The van der Waals surface area contributed by atoms with Crippen LogP contribution in [0, 0.1) is 0 Å². The lowest BCUT2D eigenvalue weighted by atomic mass is 9.85. The first-order valence-corrected chi connectivity index (χ1v) is 6.09. The Bertz CT molecular complexity index is 390. The van der Waals surface area contributed by atoms with E-state index in [1.807, 2.05) is 6.92 Å². The summed E-state index contributed by atoms with van der Waals surface area (Å²) >= 11 is 0. The highest BCUT2D eigenvalue weighted by Crippen LogP contribution is 2.29. The summed E-state index contributed by atoms with van der Waals surface area (Å²) in [6.07, 6.45) is 7.31. The van der Waals surface area contributed by atoms with Gasteiger partial charge in [0, 0.05) is 0 Å². The molecule has 0 aliphatic heterocycles. The number of hydrogen-bond acceptors (Lipinski definition) is 1. The molecule has 1 N–H and O–H groups in total. The molecule has 1 aliphatic rings. The Morgan fingerprint density at radius 2 is 2.00 bits per heavy atom. The van der Waals surface area contributed by atoms with E-state index < -0.39 is 5.60 Å². The summed E-state index contributed by atoms with van der Waals surface area (Å²) in [4.78, 5) is 0. The molecule has 0 bridgehead atoms. The topological polar surface area (TPSA) is 20.2 Å². The average Bonchev–Trinajstić information content (AvgIpc) is 2.28. The number of fused-ring (bicyclic) bond motifs is 1. The van der Waals surface area contributed by atoms with Crippen LogP contribution in [0.1, 0.15) is 42.9 Å². The van der Waals surface area contributed by atoms with Gasteiger partial charge in [-0.15, -0.1) is 6.58 Å². The minimum atomic E-state index is -0.770. The number of aliphatic hydroxyl groups is 1. The standard InChI is InChI=1S/C15H20O/c1-3-10-15(2,16)14-9-8-12-6-4-5-7-13(12)11-14/h3,8-9,11,16H,1,4-7,10H2,2H3. The summed E-state index contributed by atoms with van der Waals surface area (Å²) < 4.78 is 0. The maximum absolute atomic E-state index is 10.3. The van der Waals surface area contributed by atoms with E-state index in [4.69, 9.17) is 0 Å². The van der Waals surface area contributed by atoms with Crippen molar-refractivity contribution in [2.24, 2.45) is 0 Å². The lowest BCUT2D eigenvalue weighted by Crippen LogP contribution is -2.20. The van der Waals surface area contributed by atoms with E-state index in [2.05, 4.69) is 24.8 Å². The molecule has 0 saturated carbocycles. The zero-order valence-corrected chi connectivity index (χ0v) is 10.00. The van der Waals surface area contributed by atoms with Gasteiger partial charge < -0.3 is 5.11 Å². The molecule has 0 aromatic heterocycles. The van der Waals surface area contributed by atoms with Gasteiger partial charge in [-0.05, 0) is 55.7 Å². The SMILES string of the molecule is C=CCC(C)(O)c1ccc2c(c1)CCCC2. The third-order valence-electron chi connectivity index (χ3n) is 3.51. The molecule has 16 heavy (non-hydrogen) atoms. The molecule has 0 radical (unpaired) electrons. The van der Waals surface area contributed by atoms with Gasteiger partial charge in [-0.3, -0.25) is 0 Å². The molecule has 0 amide bonds. The molecule has 1 nitrogen and oxygen atoms in total.